The molecule has 27 heavy (non-hydrogen) atoms. The number of aliphatic carboxylic acids is 1. The molecule has 0 spiro atoms. The second-order valence-corrected chi connectivity index (χ2v) is 5.70. The van der Waals surface area contributed by atoms with Crippen LogP contribution in [-0.2, 0) is 4.79 Å². The van der Waals surface area contributed by atoms with Crippen LogP contribution in [0.2, 0.25) is 0 Å². The number of carboxylic acid groups (broad SMARTS) is 1. The van der Waals surface area contributed by atoms with Crippen LogP contribution < -0.4 is 10.9 Å². The summed E-state index contributed by atoms with van der Waals surface area (Å²) in [6.45, 7) is 3.03. The summed E-state index contributed by atoms with van der Waals surface area (Å²) >= 11 is 0. The number of hydrogen-bond acceptors (Lipinski definition) is 5. The van der Waals surface area contributed by atoms with Crippen molar-refractivity contribution in [2.45, 2.75) is 0 Å². The molecule has 2 aromatic carbocycles. The van der Waals surface area contributed by atoms with E-state index in [1.54, 1.807) is 18.2 Å². The summed E-state index contributed by atoms with van der Waals surface area (Å²) in [4.78, 5) is 34.9. The Labute approximate surface area is 153 Å². The Morgan fingerprint density at radius 2 is 1.93 bits per heavy atom. The van der Waals surface area contributed by atoms with Crippen molar-refractivity contribution in [3.63, 3.8) is 0 Å². The summed E-state index contributed by atoms with van der Waals surface area (Å²) in [5.41, 5.74) is 0.581. The summed E-state index contributed by atoms with van der Waals surface area (Å²) in [5.74, 6) is -2.87. The third-order valence-corrected chi connectivity index (χ3v) is 3.97. The van der Waals surface area contributed by atoms with Crippen LogP contribution in [0.15, 0.2) is 58.3 Å². The van der Waals surface area contributed by atoms with Gasteiger partial charge in [-0.25, -0.2) is 4.79 Å². The molecule has 0 atom stereocenters. The molecule has 0 aliphatic carbocycles. The van der Waals surface area contributed by atoms with Gasteiger partial charge in [0, 0.05) is 5.56 Å². The Morgan fingerprint density at radius 1 is 1.19 bits per heavy atom. The minimum absolute atomic E-state index is 0.121. The van der Waals surface area contributed by atoms with Crippen molar-refractivity contribution in [1.82, 2.24) is 5.32 Å². The zero-order valence-electron chi connectivity index (χ0n) is 14.1. The van der Waals surface area contributed by atoms with Crippen molar-refractivity contribution < 1.29 is 24.2 Å². The molecule has 1 amide bonds. The number of hydrogen-bond donors (Lipinski definition) is 3. The predicted octanol–water partition coefficient (Wildman–Crippen LogP) is 2.62. The Hall–Kier alpha value is -3.87. The van der Waals surface area contributed by atoms with E-state index in [2.05, 4.69) is 6.58 Å². The molecular formula is C20H15NO6. The molecule has 0 aliphatic heterocycles. The Morgan fingerprint density at radius 3 is 2.63 bits per heavy atom. The first kappa shape index (κ1) is 17.9. The summed E-state index contributed by atoms with van der Waals surface area (Å²) in [7, 11) is 0. The predicted molar refractivity (Wildman–Crippen MR) is 99.6 cm³/mol. The lowest BCUT2D eigenvalue weighted by Crippen LogP contribution is -2.32. The quantitative estimate of drug-likeness (QED) is 0.599. The van der Waals surface area contributed by atoms with E-state index in [4.69, 9.17) is 9.52 Å². The maximum atomic E-state index is 12.3. The Bertz CT molecular complexity index is 1130. The van der Waals surface area contributed by atoms with Crippen LogP contribution in [0.5, 0.6) is 5.75 Å². The van der Waals surface area contributed by atoms with Crippen molar-refractivity contribution in [1.29, 1.82) is 0 Å². The molecule has 0 aliphatic rings. The molecule has 0 unspecified atom stereocenters. The average Bonchev–Trinajstić information content (AvgIpc) is 2.66. The minimum Gasteiger partial charge on any atom is -0.506 e. The lowest BCUT2D eigenvalue weighted by Gasteiger charge is -2.10. The fourth-order valence-corrected chi connectivity index (χ4v) is 2.71. The molecule has 7 heteroatoms. The summed E-state index contributed by atoms with van der Waals surface area (Å²) in [5, 5.41) is 21.3. The number of fused-ring (bicyclic) bond motifs is 1. The van der Waals surface area contributed by atoms with Crippen LogP contribution in [0.3, 0.4) is 0 Å². The molecule has 0 bridgehead atoms. The highest BCUT2D eigenvalue weighted by Gasteiger charge is 2.22. The van der Waals surface area contributed by atoms with Crippen LogP contribution in [0.4, 0.5) is 0 Å². The number of aromatic hydroxyl groups is 1. The molecule has 3 rings (SSSR count). The van der Waals surface area contributed by atoms with E-state index in [1.165, 1.54) is 6.07 Å². The molecule has 136 valence electrons. The molecule has 0 saturated carbocycles. The number of para-hydroxylation sites is 1. The molecule has 7 nitrogen and oxygen atoms in total. The van der Waals surface area contributed by atoms with Gasteiger partial charge in [0.15, 0.2) is 5.56 Å². The van der Waals surface area contributed by atoms with Gasteiger partial charge in [-0.15, -0.1) is 0 Å². The fraction of sp³-hybridized carbons (Fsp3) is 0.0500. The first-order valence-corrected chi connectivity index (χ1v) is 7.94. The molecule has 0 saturated heterocycles. The number of carboxylic acids is 1. The lowest BCUT2D eigenvalue weighted by atomic mass is 10.00. The number of rotatable bonds is 5. The first-order valence-electron chi connectivity index (χ1n) is 7.94. The van der Waals surface area contributed by atoms with Crippen molar-refractivity contribution in [2.75, 3.05) is 6.54 Å². The highest BCUT2D eigenvalue weighted by atomic mass is 16.4. The highest BCUT2D eigenvalue weighted by Crippen LogP contribution is 2.34. The normalized spacial score (nSPS) is 10.5. The van der Waals surface area contributed by atoms with Crippen molar-refractivity contribution in [2.24, 2.45) is 0 Å². The molecule has 0 radical (unpaired) electrons. The number of benzene rings is 2. The third-order valence-electron chi connectivity index (χ3n) is 3.97. The van der Waals surface area contributed by atoms with Gasteiger partial charge < -0.3 is 19.9 Å². The molecule has 0 fully saturated rings. The molecule has 1 aromatic heterocycles. The van der Waals surface area contributed by atoms with Gasteiger partial charge in [-0.05, 0) is 23.3 Å². The number of carbonyl (C=O) groups excluding carboxylic acids is 1. The largest absolute Gasteiger partial charge is 0.506 e. The fourth-order valence-electron chi connectivity index (χ4n) is 2.71. The lowest BCUT2D eigenvalue weighted by molar-refractivity contribution is -0.135. The first-order chi connectivity index (χ1) is 12.9. The standard InChI is InChI=1S/C20H15NO6/c1-2-11-5-3-6-12(9-11)13-7-4-8-14-17(24)16(20(26)27-18(13)14)19(25)21-10-15(22)23/h2-9,24H,1,10H2,(H,21,25)(H,22,23). The molecule has 3 aromatic rings. The van der Waals surface area contributed by atoms with Gasteiger partial charge >= 0.3 is 11.6 Å². The van der Waals surface area contributed by atoms with Crippen molar-refractivity contribution >= 4 is 28.9 Å². The Kier molecular flexibility index (Phi) is 4.76. The third kappa shape index (κ3) is 3.43. The van der Waals surface area contributed by atoms with E-state index < -0.39 is 35.4 Å². The molecule has 3 N–H and O–H groups in total. The van der Waals surface area contributed by atoms with E-state index in [0.717, 1.165) is 11.1 Å². The van der Waals surface area contributed by atoms with Crippen molar-refractivity contribution in [3.05, 3.63) is 70.6 Å². The Balaban J connectivity index is 2.18. The summed E-state index contributed by atoms with van der Waals surface area (Å²) in [6.07, 6.45) is 1.67. The van der Waals surface area contributed by atoms with Crippen LogP contribution in [0.25, 0.3) is 28.2 Å². The van der Waals surface area contributed by atoms with Crippen LogP contribution in [0, 0.1) is 0 Å². The second kappa shape index (κ2) is 7.17. The topological polar surface area (TPSA) is 117 Å². The average molecular weight is 365 g/mol. The van der Waals surface area contributed by atoms with Crippen molar-refractivity contribution in [3.8, 4) is 16.9 Å². The van der Waals surface area contributed by atoms with Gasteiger partial charge in [0.2, 0.25) is 0 Å². The van der Waals surface area contributed by atoms with E-state index >= 15 is 0 Å². The maximum Gasteiger partial charge on any atom is 0.353 e. The van der Waals surface area contributed by atoms with E-state index in [-0.39, 0.29) is 11.0 Å². The maximum absolute atomic E-state index is 12.3. The smallest absolute Gasteiger partial charge is 0.353 e. The van der Waals surface area contributed by atoms with E-state index in [0.29, 0.717) is 5.56 Å². The van der Waals surface area contributed by atoms with Gasteiger partial charge in [0.1, 0.15) is 17.9 Å². The van der Waals surface area contributed by atoms with Gasteiger partial charge in [0.05, 0.1) is 5.39 Å². The summed E-state index contributed by atoms with van der Waals surface area (Å²) < 4.78 is 5.31. The van der Waals surface area contributed by atoms with E-state index in [9.17, 15) is 19.5 Å². The zero-order valence-corrected chi connectivity index (χ0v) is 14.1. The van der Waals surface area contributed by atoms with Crippen LogP contribution >= 0.6 is 0 Å². The number of carbonyl (C=O) groups is 2. The summed E-state index contributed by atoms with van der Waals surface area (Å²) in [6, 6.07) is 12.2. The number of amides is 1. The van der Waals surface area contributed by atoms with Crippen LogP contribution in [0.1, 0.15) is 15.9 Å². The monoisotopic (exact) mass is 365 g/mol. The zero-order chi connectivity index (χ0) is 19.6. The van der Waals surface area contributed by atoms with Gasteiger partial charge in [-0.3, -0.25) is 9.59 Å². The van der Waals surface area contributed by atoms with E-state index in [1.807, 2.05) is 29.6 Å². The van der Waals surface area contributed by atoms with Gasteiger partial charge in [-0.1, -0.05) is 43.0 Å². The minimum atomic E-state index is -1.28. The molecule has 1 heterocycles. The SMILES string of the molecule is C=Cc1cccc(-c2cccc3c(O)c(C(=O)NCC(=O)O)c(=O)oc23)c1. The van der Waals surface area contributed by atoms with Crippen LogP contribution in [-0.4, -0.2) is 28.6 Å². The molecular weight excluding hydrogens is 350 g/mol. The van der Waals surface area contributed by atoms with Gasteiger partial charge in [-0.2, -0.15) is 0 Å². The number of nitrogens with one attached hydrogen (secondary N) is 1. The highest BCUT2D eigenvalue weighted by molar-refractivity contribution is 6.04. The van der Waals surface area contributed by atoms with Gasteiger partial charge in [0.25, 0.3) is 5.91 Å². The second-order valence-electron chi connectivity index (χ2n) is 5.70.